The summed E-state index contributed by atoms with van der Waals surface area (Å²) < 4.78 is 24.5. The highest BCUT2D eigenvalue weighted by Crippen LogP contribution is 2.13. The van der Waals surface area contributed by atoms with Gasteiger partial charge in [0.2, 0.25) is 10.0 Å². The largest absolute Gasteiger partial charge is 0.337 e. The molecule has 5 N–H and O–H groups in total. The van der Waals surface area contributed by atoms with Crippen molar-refractivity contribution in [1.29, 1.82) is 0 Å². The van der Waals surface area contributed by atoms with Crippen molar-refractivity contribution < 1.29 is 13.2 Å². The first-order valence-electron chi connectivity index (χ1n) is 6.15. The van der Waals surface area contributed by atoms with Crippen molar-refractivity contribution in [2.45, 2.75) is 13.0 Å². The van der Waals surface area contributed by atoms with Crippen molar-refractivity contribution in [3.05, 3.63) is 29.8 Å². The quantitative estimate of drug-likeness (QED) is 0.608. The van der Waals surface area contributed by atoms with E-state index in [1.807, 2.05) is 19.1 Å². The highest BCUT2D eigenvalue weighted by Gasteiger charge is 2.08. The Morgan fingerprint density at radius 1 is 1.30 bits per heavy atom. The number of urea groups is 1. The molecule has 1 rings (SSSR count). The van der Waals surface area contributed by atoms with E-state index in [0.717, 1.165) is 5.56 Å². The summed E-state index contributed by atoms with van der Waals surface area (Å²) >= 11 is 0. The third-order valence-corrected chi connectivity index (χ3v) is 4.03. The lowest BCUT2D eigenvalue weighted by Gasteiger charge is -2.09. The summed E-state index contributed by atoms with van der Waals surface area (Å²) in [5, 5.41) is 5.07. The third-order valence-electron chi connectivity index (χ3n) is 2.66. The normalized spacial score (nSPS) is 12.8. The van der Waals surface area contributed by atoms with E-state index in [0.29, 0.717) is 5.69 Å². The van der Waals surface area contributed by atoms with E-state index >= 15 is 0 Å². The predicted octanol–water partition coefficient (Wildman–Crippen LogP) is 0.377. The van der Waals surface area contributed by atoms with Gasteiger partial charge in [0, 0.05) is 18.3 Å². The van der Waals surface area contributed by atoms with Crippen molar-refractivity contribution in [1.82, 2.24) is 10.0 Å². The fraction of sp³-hybridized carbons (Fsp3) is 0.417. The van der Waals surface area contributed by atoms with Gasteiger partial charge in [-0.3, -0.25) is 0 Å². The predicted molar refractivity (Wildman–Crippen MR) is 78.9 cm³/mol. The molecule has 0 aliphatic heterocycles. The summed E-state index contributed by atoms with van der Waals surface area (Å²) in [7, 11) is -1.98. The van der Waals surface area contributed by atoms with E-state index < -0.39 is 16.1 Å². The fourth-order valence-electron chi connectivity index (χ4n) is 1.45. The summed E-state index contributed by atoms with van der Waals surface area (Å²) in [6.45, 7) is 1.91. The molecule has 1 unspecified atom stereocenters. The van der Waals surface area contributed by atoms with Crippen LogP contribution in [0.25, 0.3) is 0 Å². The molecule has 0 saturated carbocycles. The van der Waals surface area contributed by atoms with Crippen molar-refractivity contribution >= 4 is 21.7 Å². The number of anilines is 1. The van der Waals surface area contributed by atoms with Crippen LogP contribution in [0.5, 0.6) is 0 Å². The Morgan fingerprint density at radius 2 is 1.90 bits per heavy atom. The van der Waals surface area contributed by atoms with Crippen molar-refractivity contribution in [3.8, 4) is 0 Å². The SMILES string of the molecule is CNS(=O)(=O)CCNC(=O)Nc1ccc(C(C)N)cc1. The van der Waals surface area contributed by atoms with Crippen molar-refractivity contribution in [2.24, 2.45) is 5.73 Å². The minimum atomic E-state index is -3.31. The topological polar surface area (TPSA) is 113 Å². The van der Waals surface area contributed by atoms with Gasteiger partial charge < -0.3 is 16.4 Å². The number of benzene rings is 1. The molecule has 0 aliphatic carbocycles. The van der Waals surface area contributed by atoms with E-state index in [2.05, 4.69) is 15.4 Å². The van der Waals surface area contributed by atoms with Crippen LogP contribution in [-0.2, 0) is 10.0 Å². The van der Waals surface area contributed by atoms with Crippen LogP contribution in [-0.4, -0.2) is 33.8 Å². The van der Waals surface area contributed by atoms with Crippen LogP contribution < -0.4 is 21.1 Å². The molecule has 0 radical (unpaired) electrons. The van der Waals surface area contributed by atoms with Crippen LogP contribution in [0.2, 0.25) is 0 Å². The lowest BCUT2D eigenvalue weighted by Crippen LogP contribution is -2.35. The first-order valence-corrected chi connectivity index (χ1v) is 7.81. The number of amides is 2. The van der Waals surface area contributed by atoms with Gasteiger partial charge in [0.1, 0.15) is 0 Å². The molecule has 20 heavy (non-hydrogen) atoms. The Morgan fingerprint density at radius 3 is 2.40 bits per heavy atom. The number of nitrogens with one attached hydrogen (secondary N) is 3. The van der Waals surface area contributed by atoms with Crippen LogP contribution in [0.4, 0.5) is 10.5 Å². The van der Waals surface area contributed by atoms with E-state index in [-0.39, 0.29) is 18.3 Å². The average molecular weight is 300 g/mol. The maximum Gasteiger partial charge on any atom is 0.319 e. The zero-order valence-corrected chi connectivity index (χ0v) is 12.3. The minimum Gasteiger partial charge on any atom is -0.337 e. The number of nitrogens with two attached hydrogens (primary N) is 1. The molecule has 0 fully saturated rings. The maximum absolute atomic E-state index is 11.5. The molecular weight excluding hydrogens is 280 g/mol. The van der Waals surface area contributed by atoms with E-state index in [9.17, 15) is 13.2 Å². The third kappa shape index (κ3) is 5.55. The second-order valence-electron chi connectivity index (χ2n) is 4.31. The monoisotopic (exact) mass is 300 g/mol. The number of hydrogen-bond donors (Lipinski definition) is 4. The van der Waals surface area contributed by atoms with Crippen LogP contribution >= 0.6 is 0 Å². The molecule has 0 aromatic heterocycles. The van der Waals surface area contributed by atoms with Crippen molar-refractivity contribution in [3.63, 3.8) is 0 Å². The smallest absolute Gasteiger partial charge is 0.319 e. The van der Waals surface area contributed by atoms with Crippen LogP contribution in [0.3, 0.4) is 0 Å². The van der Waals surface area contributed by atoms with Gasteiger partial charge in [0.15, 0.2) is 0 Å². The van der Waals surface area contributed by atoms with Gasteiger partial charge in [-0.25, -0.2) is 17.9 Å². The van der Waals surface area contributed by atoms with Crippen molar-refractivity contribution in [2.75, 3.05) is 24.7 Å². The Bertz CT molecular complexity index is 540. The van der Waals surface area contributed by atoms with E-state index in [1.165, 1.54) is 7.05 Å². The molecule has 0 saturated heterocycles. The molecule has 0 bridgehead atoms. The highest BCUT2D eigenvalue weighted by molar-refractivity contribution is 7.89. The molecule has 1 aromatic rings. The van der Waals surface area contributed by atoms with Gasteiger partial charge in [-0.2, -0.15) is 0 Å². The number of carbonyl (C=O) groups is 1. The summed E-state index contributed by atoms with van der Waals surface area (Å²) in [5.41, 5.74) is 7.30. The zero-order chi connectivity index (χ0) is 15.2. The van der Waals surface area contributed by atoms with Gasteiger partial charge in [0.05, 0.1) is 5.75 Å². The number of hydrogen-bond acceptors (Lipinski definition) is 4. The van der Waals surface area contributed by atoms with Crippen LogP contribution in [0.15, 0.2) is 24.3 Å². The molecule has 0 spiro atoms. The molecular formula is C12H20N4O3S. The molecule has 8 heteroatoms. The highest BCUT2D eigenvalue weighted by atomic mass is 32.2. The van der Waals surface area contributed by atoms with E-state index in [4.69, 9.17) is 5.73 Å². The molecule has 7 nitrogen and oxygen atoms in total. The number of rotatable bonds is 6. The lowest BCUT2D eigenvalue weighted by atomic mass is 10.1. The first kappa shape index (κ1) is 16.4. The van der Waals surface area contributed by atoms with Gasteiger partial charge >= 0.3 is 6.03 Å². The summed E-state index contributed by atoms with van der Waals surface area (Å²) in [6, 6.07) is 6.61. The minimum absolute atomic E-state index is 0.0346. The van der Waals surface area contributed by atoms with Crippen LogP contribution in [0.1, 0.15) is 18.5 Å². The molecule has 0 heterocycles. The molecule has 1 aromatic carbocycles. The van der Waals surface area contributed by atoms with Gasteiger partial charge in [-0.15, -0.1) is 0 Å². The first-order chi connectivity index (χ1) is 9.34. The standard InChI is InChI=1S/C12H20N4O3S/c1-9(13)10-3-5-11(6-4-10)16-12(17)15-7-8-20(18,19)14-2/h3-6,9,14H,7-8,13H2,1-2H3,(H2,15,16,17). The fourth-order valence-corrected chi connectivity index (χ4v) is 2.02. The van der Waals surface area contributed by atoms with Gasteiger partial charge in [-0.05, 0) is 31.7 Å². The van der Waals surface area contributed by atoms with Crippen LogP contribution in [0, 0.1) is 0 Å². The van der Waals surface area contributed by atoms with E-state index in [1.54, 1.807) is 12.1 Å². The zero-order valence-electron chi connectivity index (χ0n) is 11.5. The second-order valence-corrected chi connectivity index (χ2v) is 6.36. The van der Waals surface area contributed by atoms with Gasteiger partial charge in [-0.1, -0.05) is 12.1 Å². The second kappa shape index (κ2) is 7.22. The Hall–Kier alpha value is -1.64. The summed E-state index contributed by atoms with van der Waals surface area (Å²) in [5.74, 6) is -0.166. The number of sulfonamides is 1. The average Bonchev–Trinajstić information content (AvgIpc) is 2.39. The summed E-state index contributed by atoms with van der Waals surface area (Å²) in [4.78, 5) is 11.5. The Labute approximate surface area is 119 Å². The number of carbonyl (C=O) groups excluding carboxylic acids is 1. The Kier molecular flexibility index (Phi) is 5.93. The Balaban J connectivity index is 2.43. The molecule has 1 atom stereocenters. The molecule has 2 amide bonds. The molecule has 0 aliphatic rings. The van der Waals surface area contributed by atoms with Gasteiger partial charge in [0.25, 0.3) is 0 Å². The lowest BCUT2D eigenvalue weighted by molar-refractivity contribution is 0.252. The summed E-state index contributed by atoms with van der Waals surface area (Å²) in [6.07, 6.45) is 0. The maximum atomic E-state index is 11.5. The molecule has 112 valence electrons.